The number of benzene rings is 2. The Labute approximate surface area is 148 Å². The molecule has 0 unspecified atom stereocenters. The van der Waals surface area contributed by atoms with Gasteiger partial charge in [0, 0.05) is 24.2 Å². The fraction of sp³-hybridized carbons (Fsp3) is 0.333. The minimum absolute atomic E-state index is 0.0334. The summed E-state index contributed by atoms with van der Waals surface area (Å²) in [5.74, 6) is 0.743. The SMILES string of the molecule is C[C@@H]1C[C@@H]1C(=O)N(C)[C@@H](C)c1cccc(NC(=O)c2ccccc2)c1. The van der Waals surface area contributed by atoms with Crippen LogP contribution in [0.2, 0.25) is 0 Å². The molecule has 0 aliphatic heterocycles. The number of amides is 2. The van der Waals surface area contributed by atoms with Gasteiger partial charge in [-0.05, 0) is 49.1 Å². The molecule has 2 aromatic rings. The third-order valence-electron chi connectivity index (χ3n) is 5.02. The number of carbonyl (C=O) groups is 2. The monoisotopic (exact) mass is 336 g/mol. The van der Waals surface area contributed by atoms with E-state index in [0.717, 1.165) is 17.7 Å². The Morgan fingerprint density at radius 1 is 1.12 bits per heavy atom. The largest absolute Gasteiger partial charge is 0.339 e. The van der Waals surface area contributed by atoms with Crippen LogP contribution in [0.25, 0.3) is 0 Å². The summed E-state index contributed by atoms with van der Waals surface area (Å²) in [4.78, 5) is 26.5. The zero-order valence-electron chi connectivity index (χ0n) is 14.9. The van der Waals surface area contributed by atoms with Crippen LogP contribution >= 0.6 is 0 Å². The summed E-state index contributed by atoms with van der Waals surface area (Å²) in [5, 5.41) is 2.92. The third kappa shape index (κ3) is 3.90. The van der Waals surface area contributed by atoms with Gasteiger partial charge in [-0.15, -0.1) is 0 Å². The Hall–Kier alpha value is -2.62. The molecule has 4 nitrogen and oxygen atoms in total. The molecule has 3 atom stereocenters. The average molecular weight is 336 g/mol. The molecule has 2 amide bonds. The highest BCUT2D eigenvalue weighted by Crippen LogP contribution is 2.40. The first kappa shape index (κ1) is 17.2. The molecule has 130 valence electrons. The Bertz CT molecular complexity index is 772. The highest BCUT2D eigenvalue weighted by atomic mass is 16.2. The van der Waals surface area contributed by atoms with Gasteiger partial charge in [-0.1, -0.05) is 37.3 Å². The molecule has 1 N–H and O–H groups in total. The van der Waals surface area contributed by atoms with Gasteiger partial charge < -0.3 is 10.2 Å². The predicted molar refractivity (Wildman–Crippen MR) is 99.3 cm³/mol. The summed E-state index contributed by atoms with van der Waals surface area (Å²) in [6, 6.07) is 16.8. The van der Waals surface area contributed by atoms with Crippen LogP contribution < -0.4 is 5.32 Å². The van der Waals surface area contributed by atoms with Gasteiger partial charge in [0.25, 0.3) is 5.91 Å². The van der Waals surface area contributed by atoms with E-state index in [9.17, 15) is 9.59 Å². The molecular weight excluding hydrogens is 312 g/mol. The Morgan fingerprint density at radius 3 is 2.44 bits per heavy atom. The highest BCUT2D eigenvalue weighted by Gasteiger charge is 2.41. The summed E-state index contributed by atoms with van der Waals surface area (Å²) in [7, 11) is 1.85. The Balaban J connectivity index is 1.70. The molecule has 0 spiro atoms. The van der Waals surface area contributed by atoms with Gasteiger partial charge in [0.2, 0.25) is 5.91 Å². The number of carbonyl (C=O) groups excluding carboxylic acids is 2. The van der Waals surface area contributed by atoms with E-state index in [2.05, 4.69) is 12.2 Å². The van der Waals surface area contributed by atoms with Crippen molar-refractivity contribution in [2.75, 3.05) is 12.4 Å². The molecule has 1 aliphatic carbocycles. The number of nitrogens with one attached hydrogen (secondary N) is 1. The average Bonchev–Trinajstić information content (AvgIpc) is 3.37. The van der Waals surface area contributed by atoms with E-state index in [-0.39, 0.29) is 23.8 Å². The van der Waals surface area contributed by atoms with Gasteiger partial charge in [-0.25, -0.2) is 0 Å². The normalized spacial score (nSPS) is 19.8. The molecule has 0 radical (unpaired) electrons. The van der Waals surface area contributed by atoms with Crippen molar-refractivity contribution in [2.45, 2.75) is 26.3 Å². The van der Waals surface area contributed by atoms with E-state index in [1.807, 2.05) is 61.3 Å². The number of hydrogen-bond acceptors (Lipinski definition) is 2. The van der Waals surface area contributed by atoms with Crippen LogP contribution in [0.4, 0.5) is 5.69 Å². The van der Waals surface area contributed by atoms with Gasteiger partial charge in [0.1, 0.15) is 0 Å². The first-order chi connectivity index (χ1) is 12.0. The second-order valence-electron chi connectivity index (χ2n) is 6.89. The lowest BCUT2D eigenvalue weighted by molar-refractivity contribution is -0.133. The van der Waals surface area contributed by atoms with Crippen molar-refractivity contribution >= 4 is 17.5 Å². The van der Waals surface area contributed by atoms with Crippen LogP contribution in [0, 0.1) is 11.8 Å². The summed E-state index contributed by atoms with van der Waals surface area (Å²) in [5.41, 5.74) is 2.37. The number of rotatable bonds is 5. The molecule has 1 fully saturated rings. The van der Waals surface area contributed by atoms with Crippen molar-refractivity contribution < 1.29 is 9.59 Å². The lowest BCUT2D eigenvalue weighted by Crippen LogP contribution is -2.31. The van der Waals surface area contributed by atoms with E-state index in [1.165, 1.54) is 0 Å². The van der Waals surface area contributed by atoms with Gasteiger partial charge in [0.05, 0.1) is 6.04 Å². The predicted octanol–water partition coefficient (Wildman–Crippen LogP) is 4.11. The molecule has 1 aliphatic rings. The third-order valence-corrected chi connectivity index (χ3v) is 5.02. The molecule has 4 heteroatoms. The molecule has 0 aromatic heterocycles. The molecule has 2 aromatic carbocycles. The summed E-state index contributed by atoms with van der Waals surface area (Å²) < 4.78 is 0. The van der Waals surface area contributed by atoms with Crippen molar-refractivity contribution in [3.8, 4) is 0 Å². The van der Waals surface area contributed by atoms with Crippen LogP contribution in [-0.4, -0.2) is 23.8 Å². The molecule has 3 rings (SSSR count). The van der Waals surface area contributed by atoms with Gasteiger partial charge in [0.15, 0.2) is 0 Å². The minimum Gasteiger partial charge on any atom is -0.339 e. The van der Waals surface area contributed by atoms with Crippen LogP contribution in [-0.2, 0) is 4.79 Å². The second-order valence-corrected chi connectivity index (χ2v) is 6.89. The first-order valence-corrected chi connectivity index (χ1v) is 8.70. The lowest BCUT2D eigenvalue weighted by atomic mass is 10.1. The second kappa shape index (κ2) is 7.09. The maximum atomic E-state index is 12.4. The van der Waals surface area contributed by atoms with Crippen LogP contribution in [0.15, 0.2) is 54.6 Å². The smallest absolute Gasteiger partial charge is 0.255 e. The molecular formula is C21H24N2O2. The van der Waals surface area contributed by atoms with Gasteiger partial charge in [-0.3, -0.25) is 9.59 Å². The highest BCUT2D eigenvalue weighted by molar-refractivity contribution is 6.04. The zero-order valence-corrected chi connectivity index (χ0v) is 14.9. The van der Waals surface area contributed by atoms with E-state index in [4.69, 9.17) is 0 Å². The van der Waals surface area contributed by atoms with Crippen molar-refractivity contribution in [3.63, 3.8) is 0 Å². The van der Waals surface area contributed by atoms with Crippen molar-refractivity contribution in [1.29, 1.82) is 0 Å². The molecule has 0 heterocycles. The van der Waals surface area contributed by atoms with Crippen LogP contribution in [0.1, 0.15) is 42.2 Å². The van der Waals surface area contributed by atoms with Crippen molar-refractivity contribution in [2.24, 2.45) is 11.8 Å². The number of anilines is 1. The quantitative estimate of drug-likeness (QED) is 0.893. The van der Waals surface area contributed by atoms with Crippen molar-refractivity contribution in [3.05, 3.63) is 65.7 Å². The molecule has 1 saturated carbocycles. The lowest BCUT2D eigenvalue weighted by Gasteiger charge is -2.26. The van der Waals surface area contributed by atoms with Crippen molar-refractivity contribution in [1.82, 2.24) is 4.90 Å². The minimum atomic E-state index is -0.137. The summed E-state index contributed by atoms with van der Waals surface area (Å²) in [6.45, 7) is 4.13. The van der Waals surface area contributed by atoms with E-state index in [1.54, 1.807) is 12.1 Å². The maximum Gasteiger partial charge on any atom is 0.255 e. The number of hydrogen-bond donors (Lipinski definition) is 1. The zero-order chi connectivity index (χ0) is 18.0. The van der Waals surface area contributed by atoms with E-state index < -0.39 is 0 Å². The summed E-state index contributed by atoms with van der Waals surface area (Å²) >= 11 is 0. The van der Waals surface area contributed by atoms with Gasteiger partial charge >= 0.3 is 0 Å². The first-order valence-electron chi connectivity index (χ1n) is 8.70. The Morgan fingerprint density at radius 2 is 1.80 bits per heavy atom. The van der Waals surface area contributed by atoms with E-state index >= 15 is 0 Å². The van der Waals surface area contributed by atoms with Crippen LogP contribution in [0.3, 0.4) is 0 Å². The fourth-order valence-electron chi connectivity index (χ4n) is 3.01. The fourth-order valence-corrected chi connectivity index (χ4v) is 3.01. The molecule has 0 saturated heterocycles. The van der Waals surface area contributed by atoms with E-state index in [0.29, 0.717) is 11.5 Å². The van der Waals surface area contributed by atoms with Gasteiger partial charge in [-0.2, -0.15) is 0 Å². The molecule has 25 heavy (non-hydrogen) atoms. The molecule has 0 bridgehead atoms. The topological polar surface area (TPSA) is 49.4 Å². The maximum absolute atomic E-state index is 12.4. The van der Waals surface area contributed by atoms with Crippen LogP contribution in [0.5, 0.6) is 0 Å². The number of nitrogens with zero attached hydrogens (tertiary/aromatic N) is 1. The summed E-state index contributed by atoms with van der Waals surface area (Å²) in [6.07, 6.45) is 0.989. The Kier molecular flexibility index (Phi) is 4.88. The standard InChI is InChI=1S/C21H24N2O2/c1-14-12-19(14)21(25)23(3)15(2)17-10-7-11-18(13-17)22-20(24)16-8-5-4-6-9-16/h4-11,13-15,19H,12H2,1-3H3,(H,22,24)/t14-,15+,19+/m1/s1.